The van der Waals surface area contributed by atoms with Gasteiger partial charge >= 0.3 is 5.97 Å². The van der Waals surface area contributed by atoms with E-state index in [9.17, 15) is 15.0 Å². The minimum absolute atomic E-state index is 0.0395. The summed E-state index contributed by atoms with van der Waals surface area (Å²) in [5, 5.41) is 22.3. The fraction of sp³-hybridized carbons (Fsp3) is 0.950. The molecule has 4 saturated carbocycles. The molecule has 5 rings (SSSR count). The number of fused-ring (bicyclic) bond motifs is 1. The summed E-state index contributed by atoms with van der Waals surface area (Å²) in [5.74, 6) is 0.349. The van der Waals surface area contributed by atoms with Crippen LogP contribution in [0, 0.1) is 28.1 Å². The van der Waals surface area contributed by atoms with Crippen molar-refractivity contribution in [2.75, 3.05) is 0 Å². The number of esters is 1. The molecule has 0 aromatic heterocycles. The number of carbonyl (C=O) groups excluding carboxylic acids is 1. The molecule has 1 spiro atoms. The molecular weight excluding hydrogens is 304 g/mol. The molecule has 4 bridgehead atoms. The van der Waals surface area contributed by atoms with Crippen LogP contribution in [0.3, 0.4) is 0 Å². The lowest BCUT2D eigenvalue weighted by Gasteiger charge is -2.66. The largest absolute Gasteiger partial charge is 0.458 e. The fourth-order valence-electron chi connectivity index (χ4n) is 8.22. The molecule has 5 fully saturated rings. The number of aliphatic hydroxyl groups is 2. The first-order valence-corrected chi connectivity index (χ1v) is 9.75. The second kappa shape index (κ2) is 4.03. The molecule has 0 aromatic rings. The highest BCUT2D eigenvalue weighted by Gasteiger charge is 2.81. The van der Waals surface area contributed by atoms with Crippen molar-refractivity contribution in [3.05, 3.63) is 0 Å². The summed E-state index contributed by atoms with van der Waals surface area (Å²) >= 11 is 0. The van der Waals surface area contributed by atoms with E-state index in [1.807, 2.05) is 6.92 Å². The van der Waals surface area contributed by atoms with E-state index in [4.69, 9.17) is 4.74 Å². The SMILES string of the molecule is C[C@]12CC[C@H]3C[C@@]1(C[C@]3(C)O)[C@@H](O)C[C@H]1[C@@]23CCC[C@]1(C)C(=O)O3. The molecule has 8 atom stereocenters. The quantitative estimate of drug-likeness (QED) is 0.669. The maximum atomic E-state index is 12.8. The number of aliphatic hydroxyl groups excluding tert-OH is 1. The summed E-state index contributed by atoms with van der Waals surface area (Å²) in [5.41, 5.74) is -2.10. The Kier molecular flexibility index (Phi) is 2.63. The zero-order valence-corrected chi connectivity index (χ0v) is 15.1. The second-order valence-corrected chi connectivity index (χ2v) is 10.3. The van der Waals surface area contributed by atoms with Crippen molar-refractivity contribution >= 4 is 5.97 Å². The number of carbonyl (C=O) groups is 1. The Morgan fingerprint density at radius 1 is 1.17 bits per heavy atom. The number of rotatable bonds is 0. The maximum absolute atomic E-state index is 12.8. The van der Waals surface area contributed by atoms with Crippen LogP contribution < -0.4 is 0 Å². The van der Waals surface area contributed by atoms with Crippen LogP contribution in [0.4, 0.5) is 0 Å². The van der Waals surface area contributed by atoms with E-state index < -0.39 is 22.7 Å². The van der Waals surface area contributed by atoms with Gasteiger partial charge in [-0.05, 0) is 71.1 Å². The fourth-order valence-corrected chi connectivity index (χ4v) is 8.22. The monoisotopic (exact) mass is 334 g/mol. The van der Waals surface area contributed by atoms with Crippen molar-refractivity contribution in [2.45, 2.75) is 89.4 Å². The Balaban J connectivity index is 1.71. The highest BCUT2D eigenvalue weighted by Crippen LogP contribution is 2.78. The molecule has 0 unspecified atom stereocenters. The van der Waals surface area contributed by atoms with Gasteiger partial charge in [-0.1, -0.05) is 6.92 Å². The molecule has 24 heavy (non-hydrogen) atoms. The molecule has 0 radical (unpaired) electrons. The molecule has 4 heteroatoms. The van der Waals surface area contributed by atoms with E-state index in [0.717, 1.165) is 38.5 Å². The normalized spacial score (nSPS) is 64.4. The van der Waals surface area contributed by atoms with Crippen LogP contribution in [0.15, 0.2) is 0 Å². The van der Waals surface area contributed by atoms with Crippen LogP contribution in [-0.4, -0.2) is 33.5 Å². The first-order valence-electron chi connectivity index (χ1n) is 9.75. The van der Waals surface area contributed by atoms with Gasteiger partial charge in [-0.25, -0.2) is 0 Å². The average Bonchev–Trinajstić information content (AvgIpc) is 2.79. The molecule has 1 heterocycles. The molecule has 0 aromatic carbocycles. The number of ether oxygens (including phenoxy) is 1. The molecule has 1 aliphatic heterocycles. The van der Waals surface area contributed by atoms with Gasteiger partial charge in [0.2, 0.25) is 0 Å². The molecular formula is C20H30O4. The van der Waals surface area contributed by atoms with Crippen LogP contribution in [-0.2, 0) is 9.53 Å². The van der Waals surface area contributed by atoms with Crippen molar-refractivity contribution in [3.8, 4) is 0 Å². The van der Waals surface area contributed by atoms with Gasteiger partial charge in [0.25, 0.3) is 0 Å². The van der Waals surface area contributed by atoms with Gasteiger partial charge < -0.3 is 14.9 Å². The summed E-state index contributed by atoms with van der Waals surface area (Å²) in [6.07, 6.45) is 6.49. The first-order chi connectivity index (χ1) is 11.1. The van der Waals surface area contributed by atoms with E-state index in [2.05, 4.69) is 13.8 Å². The van der Waals surface area contributed by atoms with Gasteiger partial charge in [0.1, 0.15) is 5.60 Å². The van der Waals surface area contributed by atoms with E-state index in [-0.39, 0.29) is 28.6 Å². The average molecular weight is 334 g/mol. The van der Waals surface area contributed by atoms with E-state index in [0.29, 0.717) is 12.8 Å². The van der Waals surface area contributed by atoms with E-state index in [1.165, 1.54) is 0 Å². The van der Waals surface area contributed by atoms with Crippen LogP contribution in [0.25, 0.3) is 0 Å². The molecule has 0 amide bonds. The minimum atomic E-state index is -0.706. The van der Waals surface area contributed by atoms with Gasteiger partial charge in [0, 0.05) is 16.7 Å². The lowest BCUT2D eigenvalue weighted by atomic mass is 9.39. The van der Waals surface area contributed by atoms with Gasteiger partial charge in [-0.3, -0.25) is 4.79 Å². The third-order valence-electron chi connectivity index (χ3n) is 9.60. The smallest absolute Gasteiger partial charge is 0.312 e. The van der Waals surface area contributed by atoms with Crippen molar-refractivity contribution in [3.63, 3.8) is 0 Å². The Hall–Kier alpha value is -0.610. The molecule has 4 nitrogen and oxygen atoms in total. The second-order valence-electron chi connectivity index (χ2n) is 10.3. The van der Waals surface area contributed by atoms with Crippen molar-refractivity contribution in [1.82, 2.24) is 0 Å². The third-order valence-corrected chi connectivity index (χ3v) is 9.60. The molecule has 134 valence electrons. The van der Waals surface area contributed by atoms with Crippen molar-refractivity contribution in [2.24, 2.45) is 28.1 Å². The third kappa shape index (κ3) is 1.34. The predicted molar refractivity (Wildman–Crippen MR) is 88.0 cm³/mol. The van der Waals surface area contributed by atoms with Gasteiger partial charge in [0.05, 0.1) is 17.1 Å². The van der Waals surface area contributed by atoms with Crippen LogP contribution in [0.5, 0.6) is 0 Å². The van der Waals surface area contributed by atoms with Crippen molar-refractivity contribution < 1.29 is 19.7 Å². The number of hydrogen-bond acceptors (Lipinski definition) is 4. The van der Waals surface area contributed by atoms with Gasteiger partial charge in [-0.2, -0.15) is 0 Å². The lowest BCUT2D eigenvalue weighted by molar-refractivity contribution is -0.258. The molecule has 5 aliphatic rings. The number of hydrogen-bond donors (Lipinski definition) is 2. The topological polar surface area (TPSA) is 66.8 Å². The Morgan fingerprint density at radius 2 is 1.92 bits per heavy atom. The first kappa shape index (κ1) is 15.6. The van der Waals surface area contributed by atoms with Crippen LogP contribution >= 0.6 is 0 Å². The lowest BCUT2D eigenvalue weighted by Crippen LogP contribution is -2.69. The summed E-state index contributed by atoms with van der Waals surface area (Å²) < 4.78 is 6.28. The minimum Gasteiger partial charge on any atom is -0.458 e. The summed E-state index contributed by atoms with van der Waals surface area (Å²) in [6.45, 7) is 6.27. The summed E-state index contributed by atoms with van der Waals surface area (Å²) in [4.78, 5) is 12.8. The molecule has 2 N–H and O–H groups in total. The Bertz CT molecular complexity index is 629. The van der Waals surface area contributed by atoms with E-state index >= 15 is 0 Å². The standard InChI is InChI=1S/C20H30O4/c1-16-6-4-7-20(24-15(16)22)13(16)9-14(21)19-10-12(17(2,23)11-19)5-8-18(19,20)3/h12-14,21,23H,4-11H2,1-3H3/t12-,13+,14-,16-,17-,18-,19+,20-/m0/s1. The van der Waals surface area contributed by atoms with Crippen LogP contribution in [0.1, 0.15) is 72.1 Å². The van der Waals surface area contributed by atoms with E-state index in [1.54, 1.807) is 0 Å². The zero-order chi connectivity index (χ0) is 17.2. The van der Waals surface area contributed by atoms with Gasteiger partial charge in [-0.15, -0.1) is 0 Å². The molecule has 4 aliphatic carbocycles. The predicted octanol–water partition coefficient (Wildman–Crippen LogP) is 2.80. The highest BCUT2D eigenvalue weighted by molar-refractivity contribution is 5.81. The zero-order valence-electron chi connectivity index (χ0n) is 15.1. The van der Waals surface area contributed by atoms with Crippen LogP contribution in [0.2, 0.25) is 0 Å². The Morgan fingerprint density at radius 3 is 2.67 bits per heavy atom. The maximum Gasteiger partial charge on any atom is 0.312 e. The molecule has 1 saturated heterocycles. The summed E-state index contributed by atoms with van der Waals surface area (Å²) in [7, 11) is 0. The highest BCUT2D eigenvalue weighted by atomic mass is 16.6. The summed E-state index contributed by atoms with van der Waals surface area (Å²) in [6, 6.07) is 0. The van der Waals surface area contributed by atoms with Crippen molar-refractivity contribution in [1.29, 1.82) is 0 Å². The Labute approximate surface area is 144 Å². The van der Waals surface area contributed by atoms with Gasteiger partial charge in [0.15, 0.2) is 0 Å².